The fraction of sp³-hybridized carbons (Fsp3) is 0.158. The molecule has 0 bridgehead atoms. The molecule has 2 aromatic heterocycles. The first-order valence-electron chi connectivity index (χ1n) is 8.42. The van der Waals surface area contributed by atoms with Gasteiger partial charge in [0.25, 0.3) is 0 Å². The molecule has 10 heteroatoms. The van der Waals surface area contributed by atoms with E-state index in [2.05, 4.69) is 19.7 Å². The summed E-state index contributed by atoms with van der Waals surface area (Å²) in [5.41, 5.74) is 4.40. The Balaban J connectivity index is 1.66. The van der Waals surface area contributed by atoms with E-state index in [0.29, 0.717) is 5.69 Å². The van der Waals surface area contributed by atoms with Crippen LogP contribution in [0.1, 0.15) is 5.56 Å². The molecule has 4 rings (SSSR count). The van der Waals surface area contributed by atoms with Gasteiger partial charge < -0.3 is 9.47 Å². The van der Waals surface area contributed by atoms with E-state index in [9.17, 15) is 13.6 Å². The lowest BCUT2D eigenvalue weighted by atomic mass is 10.2. The smallest absolute Gasteiger partial charge is 0.415 e. The maximum absolute atomic E-state index is 12.8. The van der Waals surface area contributed by atoms with Gasteiger partial charge in [-0.05, 0) is 36.8 Å². The third-order valence-electron chi connectivity index (χ3n) is 4.11. The van der Waals surface area contributed by atoms with Crippen molar-refractivity contribution in [2.75, 3.05) is 11.9 Å². The summed E-state index contributed by atoms with van der Waals surface area (Å²) in [5.74, 6) is -0.145. The molecule has 2 heterocycles. The molecule has 0 aliphatic carbocycles. The molecule has 0 N–H and O–H groups in total. The zero-order chi connectivity index (χ0) is 20.5. The number of anilines is 1. The number of hydrogen-bond donors (Lipinski definition) is 0. The van der Waals surface area contributed by atoms with E-state index in [0.717, 1.165) is 22.0 Å². The highest BCUT2D eigenvalue weighted by atomic mass is 32.1. The number of nitrogens with zero attached hydrogens (tertiary/aromatic N) is 4. The van der Waals surface area contributed by atoms with Crippen LogP contribution in [0.3, 0.4) is 0 Å². The molecule has 0 spiro atoms. The molecule has 0 saturated carbocycles. The Morgan fingerprint density at radius 1 is 1.21 bits per heavy atom. The molecule has 4 aromatic rings. The van der Waals surface area contributed by atoms with Gasteiger partial charge in [-0.1, -0.05) is 6.07 Å². The molecule has 1 amide bonds. The van der Waals surface area contributed by atoms with E-state index in [1.807, 2.05) is 6.07 Å². The Kier molecular flexibility index (Phi) is 4.93. The molecular weight excluding hydrogens is 402 g/mol. The van der Waals surface area contributed by atoms with Crippen LogP contribution in [0.4, 0.5) is 19.3 Å². The quantitative estimate of drug-likeness (QED) is 0.476. The Hall–Kier alpha value is -3.40. The predicted molar refractivity (Wildman–Crippen MR) is 105 cm³/mol. The SMILES string of the molecule is Cc1cc(OC(=O)N(C)c2cccc3ncsc23)c2ncc(OC(F)F)nc2c1. The van der Waals surface area contributed by atoms with E-state index in [4.69, 9.17) is 4.74 Å². The van der Waals surface area contributed by atoms with E-state index >= 15 is 0 Å². The number of halogens is 2. The molecule has 0 aliphatic heterocycles. The summed E-state index contributed by atoms with van der Waals surface area (Å²) in [6, 6.07) is 8.73. The molecule has 0 radical (unpaired) electrons. The zero-order valence-corrected chi connectivity index (χ0v) is 16.1. The molecular formula is C19H14F2N4O3S. The maximum Gasteiger partial charge on any atom is 0.419 e. The average molecular weight is 416 g/mol. The third-order valence-corrected chi connectivity index (χ3v) is 4.98. The Labute approximate surface area is 167 Å². The average Bonchev–Trinajstić information content (AvgIpc) is 3.15. The molecule has 148 valence electrons. The molecule has 0 unspecified atom stereocenters. The van der Waals surface area contributed by atoms with Crippen LogP contribution < -0.4 is 14.4 Å². The number of aryl methyl sites for hydroxylation is 1. The van der Waals surface area contributed by atoms with Gasteiger partial charge in [-0.2, -0.15) is 8.78 Å². The fourth-order valence-corrected chi connectivity index (χ4v) is 3.67. The second kappa shape index (κ2) is 7.55. The lowest BCUT2D eigenvalue weighted by molar-refractivity contribution is -0.0528. The molecule has 0 saturated heterocycles. The van der Waals surface area contributed by atoms with Gasteiger partial charge in [-0.3, -0.25) is 4.90 Å². The number of amides is 1. The standard InChI is InChI=1S/C19H14F2N4O3S/c1-10-6-12-16(22-8-15(24-12)28-18(20)21)14(7-10)27-19(26)25(2)13-5-3-4-11-17(13)29-9-23-11/h3-9,18H,1-2H3. The largest absolute Gasteiger partial charge is 0.419 e. The molecule has 7 nitrogen and oxygen atoms in total. The van der Waals surface area contributed by atoms with Crippen LogP contribution in [0, 0.1) is 6.92 Å². The highest BCUT2D eigenvalue weighted by molar-refractivity contribution is 7.17. The normalized spacial score (nSPS) is 11.2. The van der Waals surface area contributed by atoms with E-state index in [1.54, 1.807) is 43.7 Å². The number of carbonyl (C=O) groups excluding carboxylic acids is 1. The second-order valence-electron chi connectivity index (χ2n) is 6.12. The second-order valence-corrected chi connectivity index (χ2v) is 6.98. The van der Waals surface area contributed by atoms with Crippen LogP contribution >= 0.6 is 11.3 Å². The minimum absolute atomic E-state index is 0.171. The van der Waals surface area contributed by atoms with Crippen molar-refractivity contribution in [1.29, 1.82) is 0 Å². The van der Waals surface area contributed by atoms with Crippen LogP contribution in [0.15, 0.2) is 42.0 Å². The Bertz CT molecular complexity index is 1210. The number of aromatic nitrogens is 3. The van der Waals surface area contributed by atoms with Gasteiger partial charge in [-0.15, -0.1) is 11.3 Å². The summed E-state index contributed by atoms with van der Waals surface area (Å²) in [7, 11) is 1.59. The van der Waals surface area contributed by atoms with Gasteiger partial charge in [-0.25, -0.2) is 19.7 Å². The van der Waals surface area contributed by atoms with Crippen molar-refractivity contribution < 1.29 is 23.0 Å². The minimum atomic E-state index is -3.01. The predicted octanol–water partition coefficient (Wildman–Crippen LogP) is 4.78. The van der Waals surface area contributed by atoms with Crippen molar-refractivity contribution in [3.63, 3.8) is 0 Å². The van der Waals surface area contributed by atoms with Crippen molar-refractivity contribution in [2.24, 2.45) is 0 Å². The van der Waals surface area contributed by atoms with Crippen molar-refractivity contribution in [3.05, 3.63) is 47.6 Å². The van der Waals surface area contributed by atoms with Crippen molar-refractivity contribution in [3.8, 4) is 11.6 Å². The van der Waals surface area contributed by atoms with Crippen LogP contribution in [0.2, 0.25) is 0 Å². The Morgan fingerprint density at radius 2 is 2.03 bits per heavy atom. The van der Waals surface area contributed by atoms with E-state index < -0.39 is 12.7 Å². The van der Waals surface area contributed by atoms with Gasteiger partial charge >= 0.3 is 12.7 Å². The van der Waals surface area contributed by atoms with Gasteiger partial charge in [0.05, 0.1) is 33.1 Å². The molecule has 0 atom stereocenters. The summed E-state index contributed by atoms with van der Waals surface area (Å²) in [6.07, 6.45) is 0.427. The Morgan fingerprint density at radius 3 is 2.83 bits per heavy atom. The molecule has 0 fully saturated rings. The fourth-order valence-electron chi connectivity index (χ4n) is 2.83. The number of ether oxygens (including phenoxy) is 2. The van der Waals surface area contributed by atoms with Crippen LogP contribution in [-0.2, 0) is 0 Å². The third kappa shape index (κ3) is 3.79. The topological polar surface area (TPSA) is 77.4 Å². The minimum Gasteiger partial charge on any atom is -0.415 e. The summed E-state index contributed by atoms with van der Waals surface area (Å²) in [6.45, 7) is -1.24. The van der Waals surface area contributed by atoms with Gasteiger partial charge in [0.15, 0.2) is 5.75 Å². The maximum atomic E-state index is 12.8. The first-order chi connectivity index (χ1) is 13.9. The number of hydrogen-bond acceptors (Lipinski definition) is 7. The van der Waals surface area contributed by atoms with E-state index in [1.165, 1.54) is 16.2 Å². The summed E-state index contributed by atoms with van der Waals surface area (Å²) in [4.78, 5) is 26.5. The highest BCUT2D eigenvalue weighted by Gasteiger charge is 2.19. The number of carbonyl (C=O) groups is 1. The van der Waals surface area contributed by atoms with Gasteiger partial charge in [0.2, 0.25) is 5.88 Å². The summed E-state index contributed by atoms with van der Waals surface area (Å²) < 4.78 is 35.5. The monoisotopic (exact) mass is 416 g/mol. The number of benzene rings is 2. The zero-order valence-electron chi connectivity index (χ0n) is 15.3. The number of alkyl halides is 2. The highest BCUT2D eigenvalue weighted by Crippen LogP contribution is 2.31. The number of thiazole rings is 1. The van der Waals surface area contributed by atoms with Gasteiger partial charge in [0.1, 0.15) is 5.52 Å². The lowest BCUT2D eigenvalue weighted by Crippen LogP contribution is -2.29. The summed E-state index contributed by atoms with van der Waals surface area (Å²) in [5, 5.41) is 0. The van der Waals surface area contributed by atoms with Crippen molar-refractivity contribution in [2.45, 2.75) is 13.5 Å². The number of rotatable bonds is 4. The van der Waals surface area contributed by atoms with E-state index in [-0.39, 0.29) is 22.7 Å². The summed E-state index contributed by atoms with van der Waals surface area (Å²) >= 11 is 1.42. The van der Waals surface area contributed by atoms with Crippen molar-refractivity contribution in [1.82, 2.24) is 15.0 Å². The molecule has 0 aliphatic rings. The number of fused-ring (bicyclic) bond motifs is 2. The van der Waals surface area contributed by atoms with Crippen LogP contribution in [-0.4, -0.2) is 34.7 Å². The van der Waals surface area contributed by atoms with Gasteiger partial charge in [0, 0.05) is 7.05 Å². The van der Waals surface area contributed by atoms with Crippen LogP contribution in [0.5, 0.6) is 11.6 Å². The first-order valence-corrected chi connectivity index (χ1v) is 9.30. The molecule has 2 aromatic carbocycles. The molecule has 29 heavy (non-hydrogen) atoms. The lowest BCUT2D eigenvalue weighted by Gasteiger charge is -2.18. The van der Waals surface area contributed by atoms with Crippen LogP contribution in [0.25, 0.3) is 21.3 Å². The van der Waals surface area contributed by atoms with Crippen molar-refractivity contribution >= 4 is 44.4 Å². The first kappa shape index (κ1) is 18.9.